The van der Waals surface area contributed by atoms with E-state index in [1.54, 1.807) is 0 Å². The lowest BCUT2D eigenvalue weighted by atomic mass is 9.96. The third-order valence-electron chi connectivity index (χ3n) is 3.66. The first-order valence-electron chi connectivity index (χ1n) is 7.71. The second-order valence-corrected chi connectivity index (χ2v) is 6.76. The maximum atomic E-state index is 10.9. The minimum atomic E-state index is -0.836. The van der Waals surface area contributed by atoms with E-state index in [1.807, 2.05) is 25.1 Å². The van der Waals surface area contributed by atoms with Gasteiger partial charge in [-0.3, -0.25) is 0 Å². The van der Waals surface area contributed by atoms with E-state index >= 15 is 0 Å². The van der Waals surface area contributed by atoms with Crippen molar-refractivity contribution in [2.75, 3.05) is 13.1 Å². The molecular formula is C17H27N3O. The van der Waals surface area contributed by atoms with Crippen molar-refractivity contribution in [2.24, 2.45) is 4.99 Å². The van der Waals surface area contributed by atoms with Crippen LogP contribution < -0.4 is 10.6 Å². The number of fused-ring (bicyclic) bond motifs is 1. The Hall–Kier alpha value is -1.55. The molecule has 4 heteroatoms. The van der Waals surface area contributed by atoms with Crippen LogP contribution >= 0.6 is 0 Å². The van der Waals surface area contributed by atoms with Crippen LogP contribution in [-0.2, 0) is 12.0 Å². The fourth-order valence-electron chi connectivity index (χ4n) is 2.70. The van der Waals surface area contributed by atoms with Gasteiger partial charge in [0.1, 0.15) is 5.60 Å². The molecule has 1 aliphatic carbocycles. The standard InChI is InChI=1S/C17H27N3O/c1-5-18-15(20-16(2,3)4)19-12-17(21)11-10-13-8-6-7-9-14(13)17/h6-9,21H,5,10-12H2,1-4H3,(H2,18,19,20). The molecule has 0 spiro atoms. The Morgan fingerprint density at radius 1 is 1.33 bits per heavy atom. The first kappa shape index (κ1) is 15.8. The van der Waals surface area contributed by atoms with E-state index in [9.17, 15) is 5.11 Å². The molecule has 0 amide bonds. The van der Waals surface area contributed by atoms with Gasteiger partial charge in [0.15, 0.2) is 5.96 Å². The Bertz CT molecular complexity index is 519. The zero-order chi connectivity index (χ0) is 15.5. The van der Waals surface area contributed by atoms with Crippen LogP contribution in [-0.4, -0.2) is 29.7 Å². The number of rotatable bonds is 3. The van der Waals surface area contributed by atoms with E-state index in [4.69, 9.17) is 0 Å². The quantitative estimate of drug-likeness (QED) is 0.590. The van der Waals surface area contributed by atoms with Crippen LogP contribution in [0.2, 0.25) is 0 Å². The number of hydrogen-bond acceptors (Lipinski definition) is 2. The van der Waals surface area contributed by atoms with Crippen LogP contribution in [0.15, 0.2) is 29.3 Å². The predicted octanol–water partition coefficient (Wildman–Crippen LogP) is 2.17. The molecule has 3 N–H and O–H groups in total. The van der Waals surface area contributed by atoms with Gasteiger partial charge in [0, 0.05) is 12.1 Å². The fraction of sp³-hybridized carbons (Fsp3) is 0.588. The van der Waals surface area contributed by atoms with Crippen LogP contribution in [0.5, 0.6) is 0 Å². The van der Waals surface area contributed by atoms with Crippen LogP contribution in [0.25, 0.3) is 0 Å². The summed E-state index contributed by atoms with van der Waals surface area (Å²) in [5, 5.41) is 17.5. The van der Waals surface area contributed by atoms with Crippen molar-refractivity contribution in [2.45, 2.75) is 51.7 Å². The smallest absolute Gasteiger partial charge is 0.191 e. The summed E-state index contributed by atoms with van der Waals surface area (Å²) in [6, 6.07) is 8.12. The van der Waals surface area contributed by atoms with E-state index in [2.05, 4.69) is 42.5 Å². The summed E-state index contributed by atoms with van der Waals surface area (Å²) in [6.07, 6.45) is 1.66. The summed E-state index contributed by atoms with van der Waals surface area (Å²) < 4.78 is 0. The Kier molecular flexibility index (Phi) is 4.57. The molecular weight excluding hydrogens is 262 g/mol. The number of nitrogens with zero attached hydrogens (tertiary/aromatic N) is 1. The fourth-order valence-corrected chi connectivity index (χ4v) is 2.70. The molecule has 0 radical (unpaired) electrons. The van der Waals surface area contributed by atoms with Gasteiger partial charge in [-0.1, -0.05) is 24.3 Å². The first-order chi connectivity index (χ1) is 9.84. The molecule has 0 bridgehead atoms. The third kappa shape index (κ3) is 3.97. The monoisotopic (exact) mass is 289 g/mol. The second-order valence-electron chi connectivity index (χ2n) is 6.76. The second kappa shape index (κ2) is 6.06. The third-order valence-corrected chi connectivity index (χ3v) is 3.66. The highest BCUT2D eigenvalue weighted by Gasteiger charge is 2.36. The summed E-state index contributed by atoms with van der Waals surface area (Å²) in [4.78, 5) is 4.60. The molecule has 0 aromatic heterocycles. The van der Waals surface area contributed by atoms with Gasteiger partial charge in [0.2, 0.25) is 0 Å². The van der Waals surface area contributed by atoms with Crippen LogP contribution in [0, 0.1) is 0 Å². The van der Waals surface area contributed by atoms with Gasteiger partial charge in [-0.15, -0.1) is 0 Å². The molecule has 2 rings (SSSR count). The molecule has 0 aliphatic heterocycles. The zero-order valence-electron chi connectivity index (χ0n) is 13.5. The molecule has 1 aliphatic rings. The summed E-state index contributed by atoms with van der Waals surface area (Å²) in [5.41, 5.74) is 1.37. The van der Waals surface area contributed by atoms with Crippen molar-refractivity contribution < 1.29 is 5.11 Å². The van der Waals surface area contributed by atoms with Gasteiger partial charge in [0.05, 0.1) is 6.54 Å². The highest BCUT2D eigenvalue weighted by molar-refractivity contribution is 5.80. The molecule has 0 saturated heterocycles. The van der Waals surface area contributed by atoms with E-state index in [1.165, 1.54) is 5.56 Å². The van der Waals surface area contributed by atoms with Gasteiger partial charge in [0.25, 0.3) is 0 Å². The molecule has 4 nitrogen and oxygen atoms in total. The highest BCUT2D eigenvalue weighted by atomic mass is 16.3. The van der Waals surface area contributed by atoms with Crippen molar-refractivity contribution in [3.8, 4) is 0 Å². The average molecular weight is 289 g/mol. The van der Waals surface area contributed by atoms with Crippen molar-refractivity contribution in [1.29, 1.82) is 0 Å². The van der Waals surface area contributed by atoms with E-state index in [0.29, 0.717) is 6.54 Å². The number of aliphatic hydroxyl groups is 1. The summed E-state index contributed by atoms with van der Waals surface area (Å²) >= 11 is 0. The highest BCUT2D eigenvalue weighted by Crippen LogP contribution is 2.36. The number of guanidine groups is 1. The minimum Gasteiger partial charge on any atom is -0.383 e. The normalized spacial score (nSPS) is 22.0. The van der Waals surface area contributed by atoms with E-state index < -0.39 is 5.60 Å². The largest absolute Gasteiger partial charge is 0.383 e. The van der Waals surface area contributed by atoms with Crippen molar-refractivity contribution >= 4 is 5.96 Å². The summed E-state index contributed by atoms with van der Waals surface area (Å²) in [7, 11) is 0. The number of hydrogen-bond donors (Lipinski definition) is 3. The topological polar surface area (TPSA) is 56.7 Å². The molecule has 1 aromatic carbocycles. The predicted molar refractivity (Wildman–Crippen MR) is 87.5 cm³/mol. The Morgan fingerprint density at radius 3 is 2.71 bits per heavy atom. The summed E-state index contributed by atoms with van der Waals surface area (Å²) in [6.45, 7) is 9.52. The van der Waals surface area contributed by atoms with Gasteiger partial charge in [-0.2, -0.15) is 0 Å². The van der Waals surface area contributed by atoms with Gasteiger partial charge in [-0.05, 0) is 51.7 Å². The number of nitrogens with one attached hydrogen (secondary N) is 2. The molecule has 1 atom stereocenters. The lowest BCUT2D eigenvalue weighted by Gasteiger charge is -2.26. The Balaban J connectivity index is 2.14. The van der Waals surface area contributed by atoms with Crippen LogP contribution in [0.4, 0.5) is 0 Å². The SMILES string of the molecule is CCNC(=NCC1(O)CCc2ccccc21)NC(C)(C)C. The van der Waals surface area contributed by atoms with Crippen molar-refractivity contribution in [3.63, 3.8) is 0 Å². The van der Waals surface area contributed by atoms with Crippen LogP contribution in [0.3, 0.4) is 0 Å². The van der Waals surface area contributed by atoms with Gasteiger partial charge in [-0.25, -0.2) is 4.99 Å². The first-order valence-corrected chi connectivity index (χ1v) is 7.71. The van der Waals surface area contributed by atoms with E-state index in [-0.39, 0.29) is 5.54 Å². The molecule has 1 aromatic rings. The average Bonchev–Trinajstić information content (AvgIpc) is 2.74. The van der Waals surface area contributed by atoms with Gasteiger partial charge >= 0.3 is 0 Å². The molecule has 0 fully saturated rings. The van der Waals surface area contributed by atoms with Crippen LogP contribution in [0.1, 0.15) is 45.2 Å². The zero-order valence-corrected chi connectivity index (χ0v) is 13.5. The van der Waals surface area contributed by atoms with Gasteiger partial charge < -0.3 is 15.7 Å². The Morgan fingerprint density at radius 2 is 2.05 bits per heavy atom. The molecule has 0 saturated carbocycles. The summed E-state index contributed by atoms with van der Waals surface area (Å²) in [5.74, 6) is 0.753. The molecule has 116 valence electrons. The Labute approximate surface area is 127 Å². The maximum Gasteiger partial charge on any atom is 0.191 e. The molecule has 1 unspecified atom stereocenters. The van der Waals surface area contributed by atoms with Crippen molar-refractivity contribution in [3.05, 3.63) is 35.4 Å². The molecule has 0 heterocycles. The molecule has 21 heavy (non-hydrogen) atoms. The number of benzene rings is 1. The minimum absolute atomic E-state index is 0.0583. The van der Waals surface area contributed by atoms with Crippen molar-refractivity contribution in [1.82, 2.24) is 10.6 Å². The lowest BCUT2D eigenvalue weighted by molar-refractivity contribution is 0.0485. The number of aliphatic imine (C=N–C) groups is 1. The lowest BCUT2D eigenvalue weighted by Crippen LogP contribution is -2.48. The number of aryl methyl sites for hydroxylation is 1. The van der Waals surface area contributed by atoms with E-state index in [0.717, 1.165) is 30.9 Å². The maximum absolute atomic E-state index is 10.9.